The molecule has 1 fully saturated rings. The maximum atomic E-state index is 13.1. The van der Waals surface area contributed by atoms with Gasteiger partial charge in [0.15, 0.2) is 5.96 Å². The summed E-state index contributed by atoms with van der Waals surface area (Å²) in [5.41, 5.74) is 16.2. The highest BCUT2D eigenvalue weighted by atomic mass is 33.1. The van der Waals surface area contributed by atoms with Gasteiger partial charge in [0, 0.05) is 24.0 Å². The third kappa shape index (κ3) is 13.0. The molecule has 12 N–H and O–H groups in total. The third-order valence-electron chi connectivity index (χ3n) is 5.50. The fourth-order valence-electron chi connectivity index (χ4n) is 3.53. The third-order valence-corrected chi connectivity index (χ3v) is 8.80. The number of nitrogens with one attached hydrogen (secondary N) is 5. The minimum absolute atomic E-state index is 0.0110. The Balaban J connectivity index is 3.37. The minimum Gasteiger partial charge on any atom is -0.481 e. The number of hydrogen-bond donors (Lipinski definition) is 9. The molecule has 19 heteroatoms. The minimum atomic E-state index is -1.60. The monoisotopic (exact) mass is 619 g/mol. The first-order valence-corrected chi connectivity index (χ1v) is 14.7. The quantitative estimate of drug-likeness (QED) is 0.0548. The van der Waals surface area contributed by atoms with Gasteiger partial charge < -0.3 is 48.9 Å². The van der Waals surface area contributed by atoms with Crippen molar-refractivity contribution in [3.63, 3.8) is 0 Å². The van der Waals surface area contributed by atoms with Gasteiger partial charge in [0.2, 0.25) is 35.4 Å². The average molecular weight is 620 g/mol. The lowest BCUT2D eigenvalue weighted by Gasteiger charge is -2.33. The van der Waals surface area contributed by atoms with Crippen molar-refractivity contribution in [1.82, 2.24) is 26.6 Å². The van der Waals surface area contributed by atoms with Gasteiger partial charge in [0.05, 0.1) is 13.0 Å². The van der Waals surface area contributed by atoms with Gasteiger partial charge in [-0.1, -0.05) is 21.6 Å². The molecule has 17 nitrogen and oxygen atoms in total. The summed E-state index contributed by atoms with van der Waals surface area (Å²) in [5, 5.41) is 21.3. The van der Waals surface area contributed by atoms with Crippen LogP contribution in [0, 0.1) is 0 Å². The summed E-state index contributed by atoms with van der Waals surface area (Å²) in [6.07, 6.45) is -0.495. The molecule has 0 radical (unpaired) electrons. The summed E-state index contributed by atoms with van der Waals surface area (Å²) in [6, 6.07) is -5.18. The van der Waals surface area contributed by atoms with Gasteiger partial charge in [-0.05, 0) is 26.7 Å². The first-order valence-electron chi connectivity index (χ1n) is 12.4. The maximum Gasteiger partial charge on any atom is 0.305 e. The second-order valence-electron chi connectivity index (χ2n) is 9.51. The number of amides is 6. The van der Waals surface area contributed by atoms with Crippen LogP contribution in [0.15, 0.2) is 4.99 Å². The van der Waals surface area contributed by atoms with Crippen LogP contribution in [0.25, 0.3) is 0 Å². The molecule has 230 valence electrons. The lowest BCUT2D eigenvalue weighted by Crippen LogP contribution is -2.59. The Bertz CT molecular complexity index is 1050. The molecule has 1 aliphatic heterocycles. The maximum absolute atomic E-state index is 13.1. The van der Waals surface area contributed by atoms with Crippen LogP contribution in [0.3, 0.4) is 0 Å². The Morgan fingerprint density at radius 1 is 1.02 bits per heavy atom. The highest BCUT2D eigenvalue weighted by Crippen LogP contribution is 2.38. The molecule has 1 rings (SSSR count). The van der Waals surface area contributed by atoms with E-state index < -0.39 is 83.3 Å². The van der Waals surface area contributed by atoms with E-state index in [1.807, 2.05) is 0 Å². The van der Waals surface area contributed by atoms with Crippen molar-refractivity contribution in [1.29, 1.82) is 0 Å². The second-order valence-corrected chi connectivity index (χ2v) is 12.5. The van der Waals surface area contributed by atoms with E-state index >= 15 is 0 Å². The molecule has 41 heavy (non-hydrogen) atoms. The normalized spacial score (nSPS) is 24.4. The number of guanidine groups is 1. The first kappa shape index (κ1) is 35.3. The number of primary amides is 1. The van der Waals surface area contributed by atoms with Crippen molar-refractivity contribution in [3.8, 4) is 0 Å². The Labute approximate surface area is 244 Å². The second kappa shape index (κ2) is 16.5. The summed E-state index contributed by atoms with van der Waals surface area (Å²) in [6.45, 7) is 3.85. The summed E-state index contributed by atoms with van der Waals surface area (Å²) in [5.74, 6) is -6.38. The molecule has 4 atom stereocenters. The van der Waals surface area contributed by atoms with Gasteiger partial charge in [-0.15, -0.1) is 0 Å². The lowest BCUT2D eigenvalue weighted by molar-refractivity contribution is -0.141. The van der Waals surface area contributed by atoms with E-state index in [9.17, 15) is 38.7 Å². The molecular formula is C22H37N9O8S2. The molecule has 6 amide bonds. The number of carbonyl (C=O) groups is 7. The van der Waals surface area contributed by atoms with E-state index in [1.54, 1.807) is 13.8 Å². The lowest BCUT2D eigenvalue weighted by atomic mass is 10.0. The van der Waals surface area contributed by atoms with E-state index in [1.165, 1.54) is 6.92 Å². The van der Waals surface area contributed by atoms with Crippen LogP contribution >= 0.6 is 21.6 Å². The van der Waals surface area contributed by atoms with Crippen LogP contribution in [0.5, 0.6) is 0 Å². The predicted octanol–water partition coefficient (Wildman–Crippen LogP) is -3.75. The van der Waals surface area contributed by atoms with Crippen molar-refractivity contribution in [2.45, 2.75) is 68.9 Å². The predicted molar refractivity (Wildman–Crippen MR) is 152 cm³/mol. The molecule has 0 aromatic heterocycles. The number of rotatable bonds is 8. The number of aliphatic imine (C=N–C) groups is 1. The topological polar surface area (TPSA) is 290 Å². The fraction of sp³-hybridized carbons (Fsp3) is 0.636. The average Bonchev–Trinajstić information content (AvgIpc) is 2.84. The van der Waals surface area contributed by atoms with Gasteiger partial charge in [-0.25, -0.2) is 0 Å². The number of nitrogens with zero attached hydrogens (tertiary/aromatic N) is 1. The molecule has 1 saturated heterocycles. The largest absolute Gasteiger partial charge is 0.481 e. The zero-order valence-corrected chi connectivity index (χ0v) is 24.5. The van der Waals surface area contributed by atoms with Crippen LogP contribution in [0.1, 0.15) is 40.0 Å². The number of nitrogens with two attached hydrogens (primary N) is 3. The van der Waals surface area contributed by atoms with E-state index in [2.05, 4.69) is 31.6 Å². The Morgan fingerprint density at radius 2 is 1.68 bits per heavy atom. The number of aliphatic carboxylic acids is 1. The molecule has 0 unspecified atom stereocenters. The summed E-state index contributed by atoms with van der Waals surface area (Å²) in [4.78, 5) is 90.8. The number of carboxylic acids is 1. The van der Waals surface area contributed by atoms with E-state index in [0.29, 0.717) is 0 Å². The Kier molecular flexibility index (Phi) is 14.2. The molecule has 1 aliphatic rings. The molecule has 1 heterocycles. The highest BCUT2D eigenvalue weighted by molar-refractivity contribution is 8.77. The van der Waals surface area contributed by atoms with E-state index in [0.717, 1.165) is 21.6 Å². The van der Waals surface area contributed by atoms with Gasteiger partial charge in [-0.2, -0.15) is 0 Å². The van der Waals surface area contributed by atoms with Crippen LogP contribution in [-0.2, 0) is 33.6 Å². The van der Waals surface area contributed by atoms with Crippen LogP contribution in [-0.4, -0.2) is 100 Å². The number of hydrogen-bond acceptors (Lipinski definition) is 10. The molecule has 0 aliphatic carbocycles. The summed E-state index contributed by atoms with van der Waals surface area (Å²) in [7, 11) is 2.16. The van der Waals surface area contributed by atoms with Gasteiger partial charge >= 0.3 is 5.97 Å². The fourth-order valence-corrected chi connectivity index (χ4v) is 6.35. The molecule has 0 bridgehead atoms. The van der Waals surface area contributed by atoms with Crippen LogP contribution in [0.4, 0.5) is 0 Å². The van der Waals surface area contributed by atoms with Crippen LogP contribution < -0.4 is 43.8 Å². The Morgan fingerprint density at radius 3 is 2.24 bits per heavy atom. The zero-order chi connectivity index (χ0) is 31.3. The summed E-state index contributed by atoms with van der Waals surface area (Å²) < 4.78 is -1.10. The van der Waals surface area contributed by atoms with Gasteiger partial charge in [0.25, 0.3) is 0 Å². The van der Waals surface area contributed by atoms with Crippen molar-refractivity contribution >= 4 is 69.0 Å². The molecular weight excluding hydrogens is 582 g/mol. The van der Waals surface area contributed by atoms with Gasteiger partial charge in [0.1, 0.15) is 24.2 Å². The van der Waals surface area contributed by atoms with Gasteiger partial charge in [-0.3, -0.25) is 38.6 Å². The van der Waals surface area contributed by atoms with Crippen molar-refractivity contribution in [2.75, 3.05) is 18.8 Å². The van der Waals surface area contributed by atoms with Crippen molar-refractivity contribution < 1.29 is 38.7 Å². The molecule has 0 aromatic rings. The summed E-state index contributed by atoms with van der Waals surface area (Å²) >= 11 is 0. The standard InChI is InChI=1S/C22H37N9O8S2/c1-10(32)28-13-9-40-41-22(2,3)16(17(23)36)31-19(38)12(7-15(34)35)29-14(33)8-27-18(37)11(30-20(13)39)5-4-6-26-21(24)25/h11-13,16H,4-9H2,1-3H3,(H2,23,36)(H,27,37)(H,28,32)(H,29,33)(H,30,39)(H,31,38)(H,34,35)(H4,24,25,26)/t11-,12-,13-,16-/m0/s1. The van der Waals surface area contributed by atoms with E-state index in [4.69, 9.17) is 17.2 Å². The first-order chi connectivity index (χ1) is 19.0. The zero-order valence-electron chi connectivity index (χ0n) is 22.9. The van der Waals surface area contributed by atoms with Crippen molar-refractivity contribution in [3.05, 3.63) is 0 Å². The number of carbonyl (C=O) groups excluding carboxylic acids is 6. The van der Waals surface area contributed by atoms with Crippen molar-refractivity contribution in [2.24, 2.45) is 22.2 Å². The highest BCUT2D eigenvalue weighted by Gasteiger charge is 2.39. The SMILES string of the molecule is CC(=O)N[C@H]1CSSC(C)(C)[C@H](C(N)=O)NC(=O)[C@H](CC(=O)O)NC(=O)CNC(=O)[C@H](CCCN=C(N)N)NC1=O. The molecule has 0 saturated carbocycles. The molecule has 0 spiro atoms. The number of carboxylic acid groups (broad SMARTS) is 1. The van der Waals surface area contributed by atoms with E-state index in [-0.39, 0.29) is 31.1 Å². The van der Waals surface area contributed by atoms with Crippen LogP contribution in [0.2, 0.25) is 0 Å². The smallest absolute Gasteiger partial charge is 0.305 e. The molecule has 0 aromatic carbocycles. The Hall–Kier alpha value is -3.74.